The third-order valence-electron chi connectivity index (χ3n) is 9.88. The summed E-state index contributed by atoms with van der Waals surface area (Å²) in [5.41, 5.74) is -2.75. The third kappa shape index (κ3) is 2.70. The summed E-state index contributed by atoms with van der Waals surface area (Å²) in [5, 5.41) is 51.1. The predicted molar refractivity (Wildman–Crippen MR) is 114 cm³/mol. The molecule has 5 N–H and O–H groups in total. The minimum absolute atomic E-state index is 0.459. The Morgan fingerprint density at radius 2 is 1.70 bits per heavy atom. The maximum absolute atomic E-state index is 13.1. The Balaban J connectivity index is 1.24. The molecular formula is C24H30O13. The van der Waals surface area contributed by atoms with Crippen molar-refractivity contribution in [2.45, 2.75) is 99.8 Å². The highest BCUT2D eigenvalue weighted by Crippen LogP contribution is 2.75. The molecule has 37 heavy (non-hydrogen) atoms. The van der Waals surface area contributed by atoms with Gasteiger partial charge in [-0.15, -0.1) is 0 Å². The maximum Gasteiger partial charge on any atom is 0.331 e. The van der Waals surface area contributed by atoms with Crippen LogP contribution in [-0.4, -0.2) is 123 Å². The van der Waals surface area contributed by atoms with Gasteiger partial charge in [0.2, 0.25) is 0 Å². The predicted octanol–water partition coefficient (Wildman–Crippen LogP) is -3.11. The summed E-state index contributed by atoms with van der Waals surface area (Å²) in [6, 6.07) is 0. The second-order valence-electron chi connectivity index (χ2n) is 11.7. The van der Waals surface area contributed by atoms with Crippen molar-refractivity contribution in [2.75, 3.05) is 6.61 Å². The van der Waals surface area contributed by atoms with E-state index in [1.54, 1.807) is 13.8 Å². The molecule has 16 atom stereocenters. The fraction of sp³-hybridized carbons (Fsp3) is 0.833. The van der Waals surface area contributed by atoms with Gasteiger partial charge >= 0.3 is 11.9 Å². The zero-order valence-electron chi connectivity index (χ0n) is 20.3. The first-order chi connectivity index (χ1) is 17.4. The summed E-state index contributed by atoms with van der Waals surface area (Å²) in [6.45, 7) is 4.52. The number of cyclic esters (lactones) is 1. The highest BCUT2D eigenvalue weighted by Gasteiger charge is 2.89. The van der Waals surface area contributed by atoms with Crippen LogP contribution in [0.1, 0.15) is 20.8 Å². The molecule has 0 unspecified atom stereocenters. The Kier molecular flexibility index (Phi) is 4.80. The monoisotopic (exact) mass is 526 g/mol. The molecule has 0 aromatic carbocycles. The molecule has 6 fully saturated rings. The van der Waals surface area contributed by atoms with E-state index in [0.717, 1.165) is 0 Å². The average molecular weight is 526 g/mol. The van der Waals surface area contributed by atoms with E-state index in [1.165, 1.54) is 6.08 Å². The van der Waals surface area contributed by atoms with Gasteiger partial charge in [-0.2, -0.15) is 0 Å². The van der Waals surface area contributed by atoms with E-state index in [9.17, 15) is 35.1 Å². The van der Waals surface area contributed by atoms with Crippen LogP contribution in [0.4, 0.5) is 0 Å². The van der Waals surface area contributed by atoms with E-state index >= 15 is 0 Å². The lowest BCUT2D eigenvalue weighted by molar-refractivity contribution is -0.317. The Labute approximate surface area is 210 Å². The smallest absolute Gasteiger partial charge is 0.331 e. The van der Waals surface area contributed by atoms with Crippen molar-refractivity contribution in [3.05, 3.63) is 11.6 Å². The van der Waals surface area contributed by atoms with Crippen LogP contribution < -0.4 is 0 Å². The standard InChI is InChI=1S/C24H30O13/c1-6(32-20-12(29)11(28)10(27)7(5-25)33-20)17-24-8(4-9(26)34-17)22(2)15-13(19(24)37-24)36-21(31)23(15,3)16(30)14-18(22)35-14/h4,6-7,10-20,25,27-30H,5H2,1-3H3/t6-,7+,10+,11+,12+,13-,14-,15+,16-,17+,18-,19+,20-,22+,23+,24+/m0/s1. The van der Waals surface area contributed by atoms with Gasteiger partial charge in [-0.1, -0.05) is 6.92 Å². The number of fused-ring (bicyclic) bond motifs is 4. The minimum Gasteiger partial charge on any atom is -0.459 e. The van der Waals surface area contributed by atoms with Crippen molar-refractivity contribution in [3.8, 4) is 0 Å². The van der Waals surface area contributed by atoms with Gasteiger partial charge in [-0.25, -0.2) is 4.79 Å². The zero-order chi connectivity index (χ0) is 26.4. The summed E-state index contributed by atoms with van der Waals surface area (Å²) in [7, 11) is 0. The van der Waals surface area contributed by atoms with Crippen LogP contribution in [0.15, 0.2) is 11.6 Å². The molecule has 2 aliphatic carbocycles. The van der Waals surface area contributed by atoms with Crippen molar-refractivity contribution in [3.63, 3.8) is 0 Å². The first kappa shape index (κ1) is 24.4. The number of epoxide rings is 2. The molecule has 13 nitrogen and oxygen atoms in total. The van der Waals surface area contributed by atoms with Crippen molar-refractivity contribution in [2.24, 2.45) is 16.7 Å². The van der Waals surface area contributed by atoms with Gasteiger partial charge in [0.25, 0.3) is 0 Å². The molecule has 1 spiro atoms. The average Bonchev–Trinajstić information content (AvgIpc) is 3.77. The molecule has 0 radical (unpaired) electrons. The zero-order valence-corrected chi connectivity index (χ0v) is 20.3. The lowest BCUT2D eigenvalue weighted by atomic mass is 9.46. The number of carbonyl (C=O) groups excluding carboxylic acids is 2. The molecule has 0 bridgehead atoms. The van der Waals surface area contributed by atoms with E-state index in [-0.39, 0.29) is 0 Å². The second kappa shape index (κ2) is 7.29. The van der Waals surface area contributed by atoms with Gasteiger partial charge in [0.15, 0.2) is 18.0 Å². The number of ether oxygens (including phenoxy) is 6. The van der Waals surface area contributed by atoms with Crippen LogP contribution in [0.2, 0.25) is 0 Å². The summed E-state index contributed by atoms with van der Waals surface area (Å²) in [4.78, 5) is 26.0. The topological polar surface area (TPSA) is 197 Å². The maximum atomic E-state index is 13.1. The largest absolute Gasteiger partial charge is 0.459 e. The molecular weight excluding hydrogens is 496 g/mol. The first-order valence-electron chi connectivity index (χ1n) is 12.5. The molecule has 7 rings (SSSR count). The molecule has 204 valence electrons. The van der Waals surface area contributed by atoms with E-state index in [2.05, 4.69) is 0 Å². The van der Waals surface area contributed by atoms with Gasteiger partial charge in [0.1, 0.15) is 48.1 Å². The first-order valence-corrected chi connectivity index (χ1v) is 12.5. The fourth-order valence-corrected chi connectivity index (χ4v) is 8.02. The summed E-state index contributed by atoms with van der Waals surface area (Å²) in [5.74, 6) is -1.71. The Morgan fingerprint density at radius 3 is 2.41 bits per heavy atom. The molecule has 7 aliphatic rings. The third-order valence-corrected chi connectivity index (χ3v) is 9.88. The van der Waals surface area contributed by atoms with Crippen molar-refractivity contribution in [1.29, 1.82) is 0 Å². The lowest BCUT2D eigenvalue weighted by Crippen LogP contribution is -2.66. The van der Waals surface area contributed by atoms with Crippen LogP contribution in [0.3, 0.4) is 0 Å². The van der Waals surface area contributed by atoms with E-state index in [0.29, 0.717) is 5.57 Å². The van der Waals surface area contributed by atoms with E-state index in [1.807, 2.05) is 6.92 Å². The Morgan fingerprint density at radius 1 is 0.973 bits per heavy atom. The SMILES string of the molecule is C[C@H](O[C@H]1O[C@H](CO)[C@@H](O)[C@@H](O)[C@H]1O)[C@H]1OC(=O)C=C2[C@]3(C)[C@H]4[C@H](OC(=O)[C@@]4(C)[C@@H](O)[C@@H]4O[C@@H]43)[C@H]3O[C@@]231. The Bertz CT molecular complexity index is 1090. The second-order valence-corrected chi connectivity index (χ2v) is 11.7. The van der Waals surface area contributed by atoms with Gasteiger partial charge in [-0.05, 0) is 19.4 Å². The molecule has 13 heteroatoms. The number of aliphatic hydroxyl groups is 5. The van der Waals surface area contributed by atoms with Crippen LogP contribution >= 0.6 is 0 Å². The van der Waals surface area contributed by atoms with Crippen molar-refractivity contribution >= 4 is 11.9 Å². The number of esters is 2. The quantitative estimate of drug-likeness (QED) is 0.182. The number of hydrogen-bond acceptors (Lipinski definition) is 13. The number of rotatable bonds is 4. The molecule has 2 saturated carbocycles. The number of carbonyl (C=O) groups is 2. The summed E-state index contributed by atoms with van der Waals surface area (Å²) in [6.07, 6.45) is -11.6. The van der Waals surface area contributed by atoms with Crippen LogP contribution in [0.5, 0.6) is 0 Å². The molecule has 0 aromatic rings. The van der Waals surface area contributed by atoms with Gasteiger partial charge in [0.05, 0.1) is 24.9 Å². The van der Waals surface area contributed by atoms with Crippen LogP contribution in [0, 0.1) is 16.7 Å². The van der Waals surface area contributed by atoms with Gasteiger partial charge in [-0.3, -0.25) is 4.79 Å². The summed E-state index contributed by atoms with van der Waals surface area (Å²) >= 11 is 0. The van der Waals surface area contributed by atoms with Crippen LogP contribution in [0.25, 0.3) is 0 Å². The van der Waals surface area contributed by atoms with Gasteiger partial charge < -0.3 is 54.0 Å². The molecule has 4 saturated heterocycles. The van der Waals surface area contributed by atoms with Crippen LogP contribution in [-0.2, 0) is 38.0 Å². The number of hydrogen-bond donors (Lipinski definition) is 5. The molecule has 0 aromatic heterocycles. The van der Waals surface area contributed by atoms with E-state index < -0.39 is 114 Å². The fourth-order valence-electron chi connectivity index (χ4n) is 8.02. The van der Waals surface area contributed by atoms with E-state index in [4.69, 9.17) is 28.4 Å². The normalized spacial score (nSPS) is 59.6. The molecule has 5 heterocycles. The van der Waals surface area contributed by atoms with Gasteiger partial charge in [0, 0.05) is 17.4 Å². The molecule has 5 aliphatic heterocycles. The minimum atomic E-state index is -1.65. The molecule has 0 amide bonds. The van der Waals surface area contributed by atoms with Crippen molar-refractivity contribution in [1.82, 2.24) is 0 Å². The number of aliphatic hydroxyl groups excluding tert-OH is 5. The lowest BCUT2D eigenvalue weighted by Gasteiger charge is -2.53. The highest BCUT2D eigenvalue weighted by molar-refractivity contribution is 5.88. The highest BCUT2D eigenvalue weighted by atomic mass is 16.7. The van der Waals surface area contributed by atoms with Crippen molar-refractivity contribution < 1.29 is 63.5 Å². The summed E-state index contributed by atoms with van der Waals surface area (Å²) < 4.78 is 35.0. The Hall–Kier alpha value is -1.68.